The van der Waals surface area contributed by atoms with E-state index >= 15 is 0 Å². The number of nitrogens with two attached hydrogens (primary N) is 1. The summed E-state index contributed by atoms with van der Waals surface area (Å²) in [5.74, 6) is -2.13. The Morgan fingerprint density at radius 3 is 1.29 bits per heavy atom. The SMILES string of the molecule is C=CC(=O)O[C@]1(C(=O)O)CCC(C(C)C)C1C(C)C.CC(C)C1CC[C@](OC(=O)CC[NH-])(C(=O)O)C1C(C)C.C[CH-]C.C[CH-]C.[K+].[K+].[NH2-]. The molecule has 0 aliphatic heterocycles. The molecule has 2 aliphatic rings. The summed E-state index contributed by atoms with van der Waals surface area (Å²) in [6.07, 6.45) is 7.28. The second kappa shape index (κ2) is 29.3. The molecule has 5 N–H and O–H groups in total. The quantitative estimate of drug-likeness (QED) is 0.140. The van der Waals surface area contributed by atoms with E-state index in [2.05, 4.69) is 34.3 Å². The van der Waals surface area contributed by atoms with Crippen LogP contribution < -0.4 is 103 Å². The van der Waals surface area contributed by atoms with E-state index < -0.39 is 35.1 Å². The number of ether oxygens (including phenoxy) is 2. The zero-order valence-corrected chi connectivity index (χ0v) is 39.0. The van der Waals surface area contributed by atoms with E-state index in [1.807, 2.05) is 68.2 Å². The van der Waals surface area contributed by atoms with Crippen LogP contribution in [0, 0.1) is 60.2 Å². The van der Waals surface area contributed by atoms with Crippen LogP contribution in [0.25, 0.3) is 11.9 Å². The van der Waals surface area contributed by atoms with Crippen LogP contribution in [0.4, 0.5) is 0 Å². The molecule has 0 radical (unpaired) electrons. The minimum Gasteiger partial charge on any atom is -0.693 e. The molecule has 48 heavy (non-hydrogen) atoms. The van der Waals surface area contributed by atoms with E-state index in [1.54, 1.807) is 0 Å². The van der Waals surface area contributed by atoms with Crippen molar-refractivity contribution in [3.05, 3.63) is 37.4 Å². The van der Waals surface area contributed by atoms with Gasteiger partial charge in [0, 0.05) is 24.3 Å². The van der Waals surface area contributed by atoms with Crippen molar-refractivity contribution in [3.8, 4) is 0 Å². The number of carbonyl (C=O) groups is 4. The fourth-order valence-electron chi connectivity index (χ4n) is 7.11. The number of esters is 2. The van der Waals surface area contributed by atoms with Crippen LogP contribution in [0.2, 0.25) is 0 Å². The number of aliphatic carboxylic acids is 2. The summed E-state index contributed by atoms with van der Waals surface area (Å²) < 4.78 is 10.7. The molecule has 0 bridgehead atoms. The Hall–Kier alpha value is 0.813. The van der Waals surface area contributed by atoms with E-state index in [1.165, 1.54) is 0 Å². The first kappa shape index (κ1) is 58.1. The molecule has 6 atom stereocenters. The third kappa shape index (κ3) is 17.1. The fourth-order valence-corrected chi connectivity index (χ4v) is 7.11. The average molecular weight is 733 g/mol. The van der Waals surface area contributed by atoms with Crippen LogP contribution in [0.1, 0.15) is 115 Å². The summed E-state index contributed by atoms with van der Waals surface area (Å²) in [6, 6.07) is 0. The van der Waals surface area contributed by atoms with Crippen molar-refractivity contribution in [3.63, 3.8) is 0 Å². The summed E-state index contributed by atoms with van der Waals surface area (Å²) in [5, 5.41) is 19.3. The number of carbonyl (C=O) groups excluding carboxylic acids is 2. The molecule has 10 nitrogen and oxygen atoms in total. The summed E-state index contributed by atoms with van der Waals surface area (Å²) >= 11 is 0. The third-order valence-corrected chi connectivity index (χ3v) is 8.65. The van der Waals surface area contributed by atoms with E-state index in [9.17, 15) is 29.4 Å². The van der Waals surface area contributed by atoms with Gasteiger partial charge in [0.2, 0.25) is 11.2 Å². The maximum absolute atomic E-state index is 11.8. The van der Waals surface area contributed by atoms with E-state index in [-0.39, 0.29) is 157 Å². The third-order valence-electron chi connectivity index (χ3n) is 8.65. The number of hydrogen-bond acceptors (Lipinski definition) is 6. The first-order chi connectivity index (χ1) is 20.8. The number of hydrogen-bond donors (Lipinski definition) is 2. The largest absolute Gasteiger partial charge is 1.00 e. The molecule has 0 saturated heterocycles. The van der Waals surface area contributed by atoms with Crippen LogP contribution in [0.3, 0.4) is 0 Å². The molecule has 2 saturated carbocycles. The van der Waals surface area contributed by atoms with Gasteiger partial charge >= 0.3 is 127 Å². The zero-order valence-electron chi connectivity index (χ0n) is 32.7. The van der Waals surface area contributed by atoms with Gasteiger partial charge in [0.25, 0.3) is 0 Å². The molecule has 2 fully saturated rings. The summed E-state index contributed by atoms with van der Waals surface area (Å²) in [4.78, 5) is 46.8. The monoisotopic (exact) mass is 732 g/mol. The Labute approximate surface area is 378 Å². The predicted molar refractivity (Wildman–Crippen MR) is 185 cm³/mol. The zero-order chi connectivity index (χ0) is 35.7. The minimum absolute atomic E-state index is 0. The van der Waals surface area contributed by atoms with Crippen molar-refractivity contribution in [2.24, 2.45) is 47.3 Å². The maximum atomic E-state index is 11.8. The fraction of sp³-hybridized carbons (Fsp3) is 0.778. The molecule has 0 spiro atoms. The Morgan fingerprint density at radius 1 is 0.750 bits per heavy atom. The summed E-state index contributed by atoms with van der Waals surface area (Å²) in [6.45, 7) is 27.6. The standard InChI is InChI=1S/C15H26NO4.C15H24O4.2C3H7.2K.H2N/c1-9(2)11-5-7-15(14(18)19,13(11)10(3)4)20-12(17)6-8-16;1-6-12(16)19-15(14(17)18)8-7-11(9(2)3)13(15)10(4)5;2*1-3-2;;;/h9-11,13,16H,5-8H2,1-4H3,(H,18,19);6,9-11,13H,1,7-8H2,2-5H3,(H,17,18);2*3H,1-2H3;;;1H2/q-1;;2*-1;2*+1;-1/t2*11?,13?,15-;;;;;/m11...../s1. The van der Waals surface area contributed by atoms with Gasteiger partial charge in [-0.3, -0.25) is 4.79 Å². The van der Waals surface area contributed by atoms with Gasteiger partial charge in [-0.15, -0.1) is 6.54 Å². The van der Waals surface area contributed by atoms with Crippen molar-refractivity contribution in [2.45, 2.75) is 126 Å². The van der Waals surface area contributed by atoms with E-state index in [4.69, 9.17) is 15.2 Å². The molecule has 0 heterocycles. The molecule has 272 valence electrons. The summed E-state index contributed by atoms with van der Waals surface area (Å²) in [5.41, 5.74) is 4.27. The number of carboxylic acid groups (broad SMARTS) is 2. The molecular formula is C36H66K2N2O8-2. The van der Waals surface area contributed by atoms with Crippen molar-refractivity contribution >= 4 is 23.9 Å². The normalized spacial score (nSPS) is 25.4. The average Bonchev–Trinajstić information content (AvgIpc) is 3.51. The second-order valence-corrected chi connectivity index (χ2v) is 13.6. The van der Waals surface area contributed by atoms with Gasteiger partial charge < -0.3 is 44.4 Å². The second-order valence-electron chi connectivity index (χ2n) is 13.6. The van der Waals surface area contributed by atoms with E-state index in [0.717, 1.165) is 18.9 Å². The van der Waals surface area contributed by atoms with Gasteiger partial charge in [-0.05, 0) is 61.2 Å². The van der Waals surface area contributed by atoms with Gasteiger partial charge in [-0.2, -0.15) is 27.7 Å². The molecule has 2 aliphatic carbocycles. The molecule has 12 heteroatoms. The van der Waals surface area contributed by atoms with E-state index in [0.29, 0.717) is 24.7 Å². The number of rotatable bonds is 11. The van der Waals surface area contributed by atoms with Crippen LogP contribution in [0.5, 0.6) is 0 Å². The Morgan fingerprint density at radius 2 is 1.06 bits per heavy atom. The molecule has 2 rings (SSSR count). The Kier molecular flexibility index (Phi) is 35.5. The molecule has 4 unspecified atom stereocenters. The van der Waals surface area contributed by atoms with Crippen molar-refractivity contribution in [2.75, 3.05) is 6.54 Å². The number of carboxylic acids is 2. The Balaban J connectivity index is -0.000000209. The van der Waals surface area contributed by atoms with Gasteiger partial charge in [0.15, 0.2) is 0 Å². The van der Waals surface area contributed by atoms with Crippen LogP contribution >= 0.6 is 0 Å². The summed E-state index contributed by atoms with van der Waals surface area (Å²) in [7, 11) is 0. The van der Waals surface area contributed by atoms with Gasteiger partial charge in [-0.25, -0.2) is 14.4 Å². The topological polar surface area (TPSA) is 184 Å². The predicted octanol–water partition coefficient (Wildman–Crippen LogP) is 3.20. The van der Waals surface area contributed by atoms with Crippen LogP contribution in [-0.2, 0) is 28.7 Å². The van der Waals surface area contributed by atoms with Crippen LogP contribution in [-0.4, -0.2) is 51.8 Å². The molecule has 0 aromatic heterocycles. The van der Waals surface area contributed by atoms with Crippen molar-refractivity contribution < 1.29 is 142 Å². The first-order valence-electron chi connectivity index (χ1n) is 16.5. The number of nitrogens with one attached hydrogen (secondary N) is 1. The van der Waals surface area contributed by atoms with Crippen molar-refractivity contribution in [1.29, 1.82) is 0 Å². The minimum atomic E-state index is -1.41. The maximum Gasteiger partial charge on any atom is 1.00 e. The molecule has 0 aromatic rings. The van der Waals surface area contributed by atoms with Gasteiger partial charge in [-0.1, -0.05) is 62.0 Å². The molecule has 0 aromatic carbocycles. The molecular weight excluding hydrogens is 667 g/mol. The smallest absolute Gasteiger partial charge is 0.693 e. The van der Waals surface area contributed by atoms with Crippen molar-refractivity contribution in [1.82, 2.24) is 0 Å². The van der Waals surface area contributed by atoms with Crippen LogP contribution in [0.15, 0.2) is 12.7 Å². The molecule has 0 amide bonds. The van der Waals surface area contributed by atoms with Gasteiger partial charge in [0.1, 0.15) is 0 Å². The first-order valence-corrected chi connectivity index (χ1v) is 16.5. The van der Waals surface area contributed by atoms with Gasteiger partial charge in [0.05, 0.1) is 0 Å². The Bertz CT molecular complexity index is 930.